The number of anilines is 1. The normalized spacial score (nSPS) is 22.9. The number of nitrogens with zero attached hydrogens (tertiary/aromatic N) is 2. The summed E-state index contributed by atoms with van der Waals surface area (Å²) < 4.78 is 14.1. The fourth-order valence-electron chi connectivity index (χ4n) is 4.55. The molecular weight excluding hydrogens is 341 g/mol. The number of halogens is 1. The molecule has 1 unspecified atom stereocenters. The predicted octanol–water partition coefficient (Wildman–Crippen LogP) is 4.49. The van der Waals surface area contributed by atoms with Gasteiger partial charge < -0.3 is 10.2 Å². The van der Waals surface area contributed by atoms with Gasteiger partial charge in [-0.3, -0.25) is 4.90 Å². The standard InChI is InChI=1S/C22H26FN3O/c23-20-11-5-4-8-18(20)16-26-15-7-13-22(26)12-6-14-25(17-22)21(27)24-19-9-2-1-3-10-19/h1-5,8-11H,6-7,12-17H2,(H,24,27). The topological polar surface area (TPSA) is 35.6 Å². The molecule has 142 valence electrons. The number of carbonyl (C=O) groups is 1. The van der Waals surface area contributed by atoms with Gasteiger partial charge in [0, 0.05) is 36.4 Å². The summed E-state index contributed by atoms with van der Waals surface area (Å²) in [7, 11) is 0. The smallest absolute Gasteiger partial charge is 0.321 e. The number of para-hydroxylation sites is 1. The van der Waals surface area contributed by atoms with Gasteiger partial charge in [-0.25, -0.2) is 9.18 Å². The number of piperidine rings is 1. The SMILES string of the molecule is O=C(Nc1ccccc1)N1CCCC2(CCCN2Cc2ccccc2F)C1. The maximum atomic E-state index is 14.1. The second-order valence-corrected chi connectivity index (χ2v) is 7.66. The van der Waals surface area contributed by atoms with Crippen LogP contribution < -0.4 is 5.32 Å². The maximum absolute atomic E-state index is 14.1. The molecule has 2 heterocycles. The summed E-state index contributed by atoms with van der Waals surface area (Å²) in [5, 5.41) is 3.00. The Labute approximate surface area is 160 Å². The van der Waals surface area contributed by atoms with E-state index < -0.39 is 0 Å². The molecule has 0 aliphatic carbocycles. The van der Waals surface area contributed by atoms with E-state index in [4.69, 9.17) is 0 Å². The van der Waals surface area contributed by atoms with Gasteiger partial charge in [-0.2, -0.15) is 0 Å². The Bertz CT molecular complexity index is 797. The van der Waals surface area contributed by atoms with Crippen LogP contribution in [0.1, 0.15) is 31.2 Å². The predicted molar refractivity (Wildman–Crippen MR) is 105 cm³/mol. The molecule has 5 heteroatoms. The van der Waals surface area contributed by atoms with E-state index in [2.05, 4.69) is 10.2 Å². The molecule has 2 aliphatic heterocycles. The van der Waals surface area contributed by atoms with Gasteiger partial charge in [0.15, 0.2) is 0 Å². The highest BCUT2D eigenvalue weighted by Crippen LogP contribution is 2.38. The quantitative estimate of drug-likeness (QED) is 0.868. The molecule has 4 rings (SSSR count). The van der Waals surface area contributed by atoms with Crippen molar-refractivity contribution in [3.05, 3.63) is 66.0 Å². The van der Waals surface area contributed by atoms with Gasteiger partial charge in [0.05, 0.1) is 0 Å². The van der Waals surface area contributed by atoms with Crippen molar-refractivity contribution in [2.75, 3.05) is 25.0 Å². The lowest BCUT2D eigenvalue weighted by Gasteiger charge is -2.46. The summed E-state index contributed by atoms with van der Waals surface area (Å²) in [6.07, 6.45) is 4.21. The van der Waals surface area contributed by atoms with Crippen LogP contribution >= 0.6 is 0 Å². The molecule has 1 atom stereocenters. The van der Waals surface area contributed by atoms with Crippen LogP contribution in [-0.4, -0.2) is 41.0 Å². The first-order valence-electron chi connectivity index (χ1n) is 9.76. The van der Waals surface area contributed by atoms with E-state index in [1.807, 2.05) is 47.4 Å². The average molecular weight is 367 g/mol. The summed E-state index contributed by atoms with van der Waals surface area (Å²) in [5.74, 6) is -0.144. The first-order chi connectivity index (χ1) is 13.2. The first kappa shape index (κ1) is 18.0. The molecule has 1 spiro atoms. The Balaban J connectivity index is 1.47. The number of likely N-dealkylation sites (tertiary alicyclic amines) is 2. The molecule has 0 radical (unpaired) electrons. The number of benzene rings is 2. The maximum Gasteiger partial charge on any atom is 0.321 e. The van der Waals surface area contributed by atoms with E-state index in [0.29, 0.717) is 13.1 Å². The lowest BCUT2D eigenvalue weighted by Crippen LogP contribution is -2.57. The molecule has 2 saturated heterocycles. The number of urea groups is 1. The van der Waals surface area contributed by atoms with Crippen LogP contribution in [0.4, 0.5) is 14.9 Å². The van der Waals surface area contributed by atoms with Crippen LogP contribution in [0.25, 0.3) is 0 Å². The molecule has 27 heavy (non-hydrogen) atoms. The van der Waals surface area contributed by atoms with Crippen LogP contribution in [-0.2, 0) is 6.54 Å². The molecule has 0 saturated carbocycles. The number of rotatable bonds is 3. The zero-order valence-electron chi connectivity index (χ0n) is 15.5. The Morgan fingerprint density at radius 3 is 2.48 bits per heavy atom. The van der Waals surface area contributed by atoms with E-state index in [0.717, 1.165) is 50.0 Å². The van der Waals surface area contributed by atoms with Crippen LogP contribution in [0.5, 0.6) is 0 Å². The molecule has 2 aromatic carbocycles. The van der Waals surface area contributed by atoms with Gasteiger partial charge >= 0.3 is 6.03 Å². The third kappa shape index (κ3) is 3.83. The van der Waals surface area contributed by atoms with Crippen molar-refractivity contribution in [1.82, 2.24) is 9.80 Å². The van der Waals surface area contributed by atoms with Crippen LogP contribution in [0.15, 0.2) is 54.6 Å². The molecule has 0 bridgehead atoms. The van der Waals surface area contributed by atoms with E-state index in [1.165, 1.54) is 6.07 Å². The number of nitrogens with one attached hydrogen (secondary N) is 1. The van der Waals surface area contributed by atoms with Gasteiger partial charge in [-0.1, -0.05) is 36.4 Å². The third-order valence-corrected chi connectivity index (χ3v) is 5.93. The van der Waals surface area contributed by atoms with E-state index in [1.54, 1.807) is 6.07 Å². The van der Waals surface area contributed by atoms with Crippen molar-refractivity contribution >= 4 is 11.7 Å². The highest BCUT2D eigenvalue weighted by Gasteiger charge is 2.44. The van der Waals surface area contributed by atoms with Crippen LogP contribution in [0.3, 0.4) is 0 Å². The molecule has 2 aromatic rings. The van der Waals surface area contributed by atoms with Crippen LogP contribution in [0, 0.1) is 5.82 Å². The Morgan fingerprint density at radius 2 is 1.70 bits per heavy atom. The Hall–Kier alpha value is -2.40. The van der Waals surface area contributed by atoms with Gasteiger partial charge in [0.1, 0.15) is 5.82 Å². The van der Waals surface area contributed by atoms with Crippen molar-refractivity contribution in [2.45, 2.75) is 37.8 Å². The molecular formula is C22H26FN3O. The monoisotopic (exact) mass is 367 g/mol. The van der Waals surface area contributed by atoms with Crippen molar-refractivity contribution in [1.29, 1.82) is 0 Å². The number of carbonyl (C=O) groups excluding carboxylic acids is 1. The van der Waals surface area contributed by atoms with E-state index >= 15 is 0 Å². The Morgan fingerprint density at radius 1 is 1.00 bits per heavy atom. The average Bonchev–Trinajstić information content (AvgIpc) is 3.06. The van der Waals surface area contributed by atoms with Gasteiger partial charge in [0.25, 0.3) is 0 Å². The summed E-state index contributed by atoms with van der Waals surface area (Å²) in [5.41, 5.74) is 1.52. The van der Waals surface area contributed by atoms with Crippen molar-refractivity contribution in [2.24, 2.45) is 0 Å². The highest BCUT2D eigenvalue weighted by atomic mass is 19.1. The molecule has 0 aromatic heterocycles. The fourth-order valence-corrected chi connectivity index (χ4v) is 4.55. The lowest BCUT2D eigenvalue weighted by molar-refractivity contribution is 0.0527. The lowest BCUT2D eigenvalue weighted by atomic mass is 9.86. The molecule has 2 amide bonds. The number of hydrogen-bond donors (Lipinski definition) is 1. The first-order valence-corrected chi connectivity index (χ1v) is 9.76. The third-order valence-electron chi connectivity index (χ3n) is 5.93. The minimum atomic E-state index is -0.144. The summed E-state index contributed by atoms with van der Waals surface area (Å²) >= 11 is 0. The second-order valence-electron chi connectivity index (χ2n) is 7.66. The largest absolute Gasteiger partial charge is 0.323 e. The molecule has 1 N–H and O–H groups in total. The molecule has 2 fully saturated rings. The zero-order chi connectivity index (χ0) is 18.7. The molecule has 2 aliphatic rings. The summed E-state index contributed by atoms with van der Waals surface area (Å²) in [6.45, 7) is 3.05. The molecule has 4 nitrogen and oxygen atoms in total. The summed E-state index contributed by atoms with van der Waals surface area (Å²) in [6, 6.07) is 16.5. The highest BCUT2D eigenvalue weighted by molar-refractivity contribution is 5.89. The Kier molecular flexibility index (Phi) is 5.12. The van der Waals surface area contributed by atoms with Crippen molar-refractivity contribution < 1.29 is 9.18 Å². The zero-order valence-corrected chi connectivity index (χ0v) is 15.5. The van der Waals surface area contributed by atoms with E-state index in [9.17, 15) is 9.18 Å². The van der Waals surface area contributed by atoms with Crippen LogP contribution in [0.2, 0.25) is 0 Å². The number of amides is 2. The van der Waals surface area contributed by atoms with Crippen molar-refractivity contribution in [3.8, 4) is 0 Å². The minimum absolute atomic E-state index is 0.0332. The second kappa shape index (κ2) is 7.69. The van der Waals surface area contributed by atoms with Gasteiger partial charge in [-0.15, -0.1) is 0 Å². The number of hydrogen-bond acceptors (Lipinski definition) is 2. The van der Waals surface area contributed by atoms with Crippen molar-refractivity contribution in [3.63, 3.8) is 0 Å². The minimum Gasteiger partial charge on any atom is -0.323 e. The van der Waals surface area contributed by atoms with Gasteiger partial charge in [-0.05, 0) is 50.4 Å². The van der Waals surface area contributed by atoms with Gasteiger partial charge in [0.2, 0.25) is 0 Å². The van der Waals surface area contributed by atoms with E-state index in [-0.39, 0.29) is 17.4 Å². The summed E-state index contributed by atoms with van der Waals surface area (Å²) in [4.78, 5) is 17.1. The fraction of sp³-hybridized carbons (Fsp3) is 0.409.